The monoisotopic (exact) mass is 1310 g/mol. The first-order chi connectivity index (χ1) is 12.7. The molecule has 37 heavy (non-hydrogen) atoms. The summed E-state index contributed by atoms with van der Waals surface area (Å²) >= 11 is 0. The molecule has 0 aliphatic rings. The molecule has 0 rings (SSSR count). The van der Waals surface area contributed by atoms with E-state index in [0.717, 1.165) is 0 Å². The van der Waals surface area contributed by atoms with Gasteiger partial charge in [0.05, 0.1) is 0 Å². The van der Waals surface area contributed by atoms with Crippen molar-refractivity contribution in [2.45, 2.75) is 0 Å². The number of phosphoric acid groups is 2. The van der Waals surface area contributed by atoms with Crippen molar-refractivity contribution in [3.8, 4) is 0 Å². The van der Waals surface area contributed by atoms with Crippen molar-refractivity contribution >= 4 is 159 Å². The summed E-state index contributed by atoms with van der Waals surface area (Å²) < 4.78 is 61.5. The normalized spacial score (nSPS) is 6.43. The van der Waals surface area contributed by atoms with Gasteiger partial charge >= 0.3 is 159 Å². The summed E-state index contributed by atoms with van der Waals surface area (Å²) in [6.07, 6.45) is 0. The molecule has 5 radical (unpaired) electrons. The Balaban J connectivity index is -0.0000000135. The van der Waals surface area contributed by atoms with Crippen LogP contribution < -0.4 is 0 Å². The molecule has 16 N–H and O–H groups in total. The Hall–Kier alpha value is 6.97. The molecule has 207 valence electrons. The van der Waals surface area contributed by atoms with Crippen molar-refractivity contribution in [1.82, 2.24) is 0 Å². The van der Waals surface area contributed by atoms with Gasteiger partial charge in [0.1, 0.15) is 0 Å². The summed E-state index contributed by atoms with van der Waals surface area (Å²) in [5, 5.41) is 0. The zero-order valence-electron chi connectivity index (χ0n) is 16.3. The molecule has 0 heterocycles. The van der Waals surface area contributed by atoms with Gasteiger partial charge in [0.25, 0.3) is 0 Å². The Labute approximate surface area is 421 Å². The third kappa shape index (κ3) is 1490. The van der Waals surface area contributed by atoms with Gasteiger partial charge in [-0.2, -0.15) is 0 Å². The van der Waals surface area contributed by atoms with E-state index in [4.69, 9.17) is 109 Å². The summed E-state index contributed by atoms with van der Waals surface area (Å²) in [6.45, 7) is 0. The number of hydrogen-bond donors (Lipinski definition) is 16. The Morgan fingerprint density at radius 3 is 0.324 bits per heavy atom. The standard InChI is InChI=1S/2Ba.2H3O4P.5H2O3Si.5Y.4H/c;;2*1-5(2,3)4;5*1-4(2)3;;;;;;;;;/h;;2*(H3,1,2,3,4);5*1-2H;;;;;;;;;. The molecule has 0 aliphatic heterocycles. The fourth-order valence-corrected chi connectivity index (χ4v) is 0. The first-order valence-corrected chi connectivity index (χ1v) is 14.5. The van der Waals surface area contributed by atoms with Gasteiger partial charge in [0, 0.05) is 164 Å². The van der Waals surface area contributed by atoms with Crippen LogP contribution in [0.5, 0.6) is 0 Å². The van der Waals surface area contributed by atoms with Crippen LogP contribution in [0.25, 0.3) is 0 Å². The first-order valence-electron chi connectivity index (χ1n) is 4.82. The largest absolute Gasteiger partial charge is 0 e. The Morgan fingerprint density at radius 1 is 0.324 bits per heavy atom. The predicted molar refractivity (Wildman–Crippen MR) is 100 cm³/mol. The van der Waals surface area contributed by atoms with Crippen LogP contribution in [-0.4, -0.2) is 221 Å². The average molecular weight is 1310 g/mol. The minimum atomic E-state index is -4.64. The summed E-state index contributed by atoms with van der Waals surface area (Å²) in [5.41, 5.74) is 0. The molecular formula is H20Ba2O23P2Si5Y5. The Morgan fingerprint density at radius 2 is 0.324 bits per heavy atom. The van der Waals surface area contributed by atoms with Gasteiger partial charge in [-0.25, -0.2) is 9.13 Å². The molecule has 0 amide bonds. The quantitative estimate of drug-likeness (QED) is 0.0791. The smallest absolute Gasteiger partial charge is 0 e. The van der Waals surface area contributed by atoms with Gasteiger partial charge in [-0.05, 0) is 0 Å². The van der Waals surface area contributed by atoms with Crippen LogP contribution in [0.1, 0.15) is 0 Å². The van der Waals surface area contributed by atoms with E-state index in [1.807, 2.05) is 0 Å². The fourth-order valence-electron chi connectivity index (χ4n) is 0. The van der Waals surface area contributed by atoms with Crippen molar-refractivity contribution in [1.29, 1.82) is 0 Å². The second-order valence-electron chi connectivity index (χ2n) is 2.44. The van der Waals surface area contributed by atoms with Crippen molar-refractivity contribution in [3.63, 3.8) is 0 Å². The van der Waals surface area contributed by atoms with E-state index >= 15 is 0 Å². The molecule has 0 spiro atoms. The molecule has 0 fully saturated rings. The maximum absolute atomic E-state index is 8.88. The third-order valence-electron chi connectivity index (χ3n) is 0. The number of rotatable bonds is 0. The van der Waals surface area contributed by atoms with Crippen molar-refractivity contribution in [3.05, 3.63) is 0 Å². The zero-order chi connectivity index (χ0) is 26.9. The Kier molecular flexibility index (Phi) is 160. The van der Waals surface area contributed by atoms with Crippen LogP contribution in [0.15, 0.2) is 0 Å². The van der Waals surface area contributed by atoms with Crippen LogP contribution in [-0.2, 0) is 195 Å². The molecule has 0 aromatic carbocycles. The van der Waals surface area contributed by atoms with Gasteiger partial charge in [-0.3, -0.25) is 22.3 Å². The summed E-state index contributed by atoms with van der Waals surface area (Å²) in [5.74, 6) is 0. The SMILES string of the molecule is O=P(O)(O)O.O=P(O)(O)O.O=[Si](O)O.O=[Si](O)O.O=[Si](O)O.O=[Si](O)O.O=[Si](O)O.[BaH2].[BaH2].[Y].[Y].[Y].[Y].[Y]. The van der Waals surface area contributed by atoms with Gasteiger partial charge in [-0.1, -0.05) is 0 Å². The van der Waals surface area contributed by atoms with E-state index in [1.165, 1.54) is 0 Å². The molecule has 0 saturated carbocycles. The van der Waals surface area contributed by atoms with Gasteiger partial charge in [-0.15, -0.1) is 0 Å². The summed E-state index contributed by atoms with van der Waals surface area (Å²) in [7, 11) is -24.9. The van der Waals surface area contributed by atoms with Crippen molar-refractivity contribution in [2.75, 3.05) is 0 Å². The minimum absolute atomic E-state index is 0. The summed E-state index contributed by atoms with van der Waals surface area (Å²) in [4.78, 5) is 115. The molecule has 0 atom stereocenters. The van der Waals surface area contributed by atoms with E-state index in [1.54, 1.807) is 0 Å². The van der Waals surface area contributed by atoms with E-state index in [-0.39, 0.29) is 261 Å². The molecule has 23 nitrogen and oxygen atoms in total. The first kappa shape index (κ1) is 90.4. The van der Waals surface area contributed by atoms with Gasteiger partial charge < -0.3 is 77.3 Å². The van der Waals surface area contributed by atoms with Crippen LogP contribution in [0.4, 0.5) is 0 Å². The van der Waals surface area contributed by atoms with Crippen molar-refractivity contribution in [2.24, 2.45) is 0 Å². The molecule has 0 saturated heterocycles. The summed E-state index contributed by atoms with van der Waals surface area (Å²) in [6, 6.07) is 0. The fraction of sp³-hybridized carbons (Fsp3) is 0. The molecule has 0 unspecified atom stereocenters. The topological polar surface area (TPSA) is 443 Å². The molecule has 0 bridgehead atoms. The van der Waals surface area contributed by atoms with Gasteiger partial charge in [0.15, 0.2) is 0 Å². The Bertz CT molecular complexity index is 456. The molecular weight excluding hydrogens is 1290 g/mol. The van der Waals surface area contributed by atoms with E-state index in [9.17, 15) is 0 Å². The maximum atomic E-state index is 8.88. The molecule has 37 heteroatoms. The van der Waals surface area contributed by atoms with E-state index < -0.39 is 61.5 Å². The molecule has 0 aromatic rings. The van der Waals surface area contributed by atoms with Crippen LogP contribution in [0.2, 0.25) is 0 Å². The molecule has 0 aliphatic carbocycles. The average Bonchev–Trinajstić information content (AvgIpc) is 2.16. The second kappa shape index (κ2) is 65.6. The number of hydrogen-bond acceptors (Lipinski definition) is 7. The zero-order valence-corrected chi connectivity index (χ0v) is 37.3. The third-order valence-corrected chi connectivity index (χ3v) is 0. The minimum Gasteiger partial charge on any atom is 0 e. The predicted octanol–water partition coefficient (Wildman–Crippen LogP) is -11.8. The van der Waals surface area contributed by atoms with Crippen LogP contribution in [0, 0.1) is 0 Å². The van der Waals surface area contributed by atoms with E-state index in [2.05, 4.69) is 0 Å². The maximum Gasteiger partial charge on any atom is 0 e. The second-order valence-corrected chi connectivity index (χ2v) is 7.32. The molecule has 0 aromatic heterocycles. The van der Waals surface area contributed by atoms with Crippen LogP contribution in [0.3, 0.4) is 0 Å². The van der Waals surface area contributed by atoms with Gasteiger partial charge in [0.2, 0.25) is 0 Å². The van der Waals surface area contributed by atoms with E-state index in [0.29, 0.717) is 0 Å². The van der Waals surface area contributed by atoms with Crippen LogP contribution >= 0.6 is 15.6 Å². The van der Waals surface area contributed by atoms with Crippen molar-refractivity contribution < 1.29 is 272 Å².